The Balaban J connectivity index is 4.80. The smallest absolute Gasteiger partial charge is 0.158 e. The van der Waals surface area contributed by atoms with Gasteiger partial charge in [-0.1, -0.05) is 46.0 Å². The third kappa shape index (κ3) is 3.05. The minimum absolute atomic E-state index is 0.0559. The molecule has 2 N–H and O–H groups in total. The van der Waals surface area contributed by atoms with Gasteiger partial charge in [-0.15, -0.1) is 0 Å². The maximum Gasteiger partial charge on any atom is 0.158 e. The molecular formula is C11H22N2S. The lowest BCUT2D eigenvalue weighted by Crippen LogP contribution is -2.25. The third-order valence-corrected chi connectivity index (χ3v) is 3.63. The third-order valence-electron chi connectivity index (χ3n) is 3.12. The summed E-state index contributed by atoms with van der Waals surface area (Å²) in [6, 6.07) is 0. The van der Waals surface area contributed by atoms with Crippen LogP contribution in [0.15, 0.2) is 17.3 Å². The molecule has 0 aliphatic carbocycles. The zero-order valence-electron chi connectivity index (χ0n) is 9.92. The van der Waals surface area contributed by atoms with Gasteiger partial charge in [-0.2, -0.15) is 0 Å². The van der Waals surface area contributed by atoms with E-state index in [2.05, 4.69) is 39.3 Å². The first-order valence-electron chi connectivity index (χ1n) is 4.96. The van der Waals surface area contributed by atoms with E-state index in [1.165, 1.54) is 11.8 Å². The number of nitrogens with two attached hydrogens (primary N) is 1. The highest BCUT2D eigenvalue weighted by Crippen LogP contribution is 2.38. The van der Waals surface area contributed by atoms with Crippen molar-refractivity contribution in [1.82, 2.24) is 0 Å². The molecular weight excluding hydrogens is 192 g/mol. The van der Waals surface area contributed by atoms with Crippen LogP contribution in [0.2, 0.25) is 0 Å². The Kier molecular flexibility index (Phi) is 5.27. The van der Waals surface area contributed by atoms with Gasteiger partial charge in [-0.25, -0.2) is 4.99 Å². The van der Waals surface area contributed by atoms with Gasteiger partial charge in [0.05, 0.1) is 0 Å². The molecule has 1 atom stereocenters. The standard InChI is InChI=1S/C11H22N2S/c1-7-11(5,8(2)3)9(4)13-10(12)14-6/h8H,4,7H2,1-3,5-6H3,(H2,12,13). The summed E-state index contributed by atoms with van der Waals surface area (Å²) in [6.07, 6.45) is 2.96. The molecule has 3 heteroatoms. The van der Waals surface area contributed by atoms with E-state index in [0.717, 1.165) is 12.1 Å². The van der Waals surface area contributed by atoms with Gasteiger partial charge >= 0.3 is 0 Å². The summed E-state index contributed by atoms with van der Waals surface area (Å²) in [5.41, 5.74) is 6.62. The average Bonchev–Trinajstić information content (AvgIpc) is 2.15. The molecule has 82 valence electrons. The van der Waals surface area contributed by atoms with Gasteiger partial charge in [0.2, 0.25) is 0 Å². The van der Waals surface area contributed by atoms with Crippen molar-refractivity contribution in [3.8, 4) is 0 Å². The molecule has 0 saturated heterocycles. The predicted octanol–water partition coefficient (Wildman–Crippen LogP) is 3.25. The maximum atomic E-state index is 5.68. The van der Waals surface area contributed by atoms with Crippen molar-refractivity contribution in [2.45, 2.75) is 34.1 Å². The van der Waals surface area contributed by atoms with Crippen LogP contribution in [0.25, 0.3) is 0 Å². The number of thioether (sulfide) groups is 1. The van der Waals surface area contributed by atoms with Gasteiger partial charge < -0.3 is 5.73 Å². The lowest BCUT2D eigenvalue weighted by atomic mass is 9.75. The van der Waals surface area contributed by atoms with Gasteiger partial charge in [0.15, 0.2) is 5.17 Å². The van der Waals surface area contributed by atoms with E-state index in [1.807, 2.05) is 6.26 Å². The van der Waals surface area contributed by atoms with Crippen LogP contribution >= 0.6 is 11.8 Å². The second kappa shape index (κ2) is 5.44. The first-order chi connectivity index (χ1) is 6.38. The van der Waals surface area contributed by atoms with E-state index in [9.17, 15) is 0 Å². The molecule has 0 aromatic carbocycles. The van der Waals surface area contributed by atoms with Gasteiger partial charge in [-0.3, -0.25) is 0 Å². The van der Waals surface area contributed by atoms with Crippen molar-refractivity contribution in [1.29, 1.82) is 0 Å². The van der Waals surface area contributed by atoms with Crippen LogP contribution in [0.4, 0.5) is 0 Å². The Labute approximate surface area is 92.1 Å². The fourth-order valence-electron chi connectivity index (χ4n) is 1.25. The second-order valence-corrected chi connectivity index (χ2v) is 4.85. The number of rotatable bonds is 4. The number of hydrogen-bond donors (Lipinski definition) is 1. The molecule has 0 radical (unpaired) electrons. The Hall–Kier alpha value is -0.440. The molecule has 0 aliphatic rings. The summed E-state index contributed by atoms with van der Waals surface area (Å²) < 4.78 is 0. The minimum Gasteiger partial charge on any atom is -0.378 e. The summed E-state index contributed by atoms with van der Waals surface area (Å²) >= 11 is 1.46. The molecule has 0 bridgehead atoms. The molecule has 0 spiro atoms. The van der Waals surface area contributed by atoms with E-state index >= 15 is 0 Å². The molecule has 0 fully saturated rings. The number of allylic oxidation sites excluding steroid dienone is 1. The van der Waals surface area contributed by atoms with Crippen molar-refractivity contribution in [2.24, 2.45) is 22.1 Å². The Morgan fingerprint density at radius 3 is 2.36 bits per heavy atom. The lowest BCUT2D eigenvalue weighted by Gasteiger charge is -2.32. The topological polar surface area (TPSA) is 38.4 Å². The first kappa shape index (κ1) is 13.6. The molecule has 0 aliphatic heterocycles. The Bertz CT molecular complexity index is 233. The summed E-state index contributed by atoms with van der Waals surface area (Å²) in [4.78, 5) is 4.32. The molecule has 0 heterocycles. The van der Waals surface area contributed by atoms with Crippen LogP contribution in [0.5, 0.6) is 0 Å². The van der Waals surface area contributed by atoms with Crippen LogP contribution in [-0.2, 0) is 0 Å². The van der Waals surface area contributed by atoms with Gasteiger partial charge in [0, 0.05) is 11.1 Å². The monoisotopic (exact) mass is 214 g/mol. The molecule has 0 amide bonds. The maximum absolute atomic E-state index is 5.68. The first-order valence-corrected chi connectivity index (χ1v) is 6.18. The fourth-order valence-corrected chi connectivity index (χ4v) is 1.45. The van der Waals surface area contributed by atoms with Crippen LogP contribution in [0.1, 0.15) is 34.1 Å². The van der Waals surface area contributed by atoms with E-state index in [-0.39, 0.29) is 5.41 Å². The number of amidine groups is 1. The van der Waals surface area contributed by atoms with E-state index in [4.69, 9.17) is 5.73 Å². The normalized spacial score (nSPS) is 16.9. The number of aliphatic imine (C=N–C) groups is 1. The average molecular weight is 214 g/mol. The largest absolute Gasteiger partial charge is 0.378 e. The van der Waals surface area contributed by atoms with E-state index in [1.54, 1.807) is 0 Å². The minimum atomic E-state index is 0.0559. The zero-order chi connectivity index (χ0) is 11.4. The predicted molar refractivity (Wildman–Crippen MR) is 67.5 cm³/mol. The highest BCUT2D eigenvalue weighted by Gasteiger charge is 2.29. The van der Waals surface area contributed by atoms with Crippen molar-refractivity contribution in [2.75, 3.05) is 6.26 Å². The molecule has 0 saturated carbocycles. The summed E-state index contributed by atoms with van der Waals surface area (Å²) in [5.74, 6) is 0.526. The quantitative estimate of drug-likeness (QED) is 0.576. The van der Waals surface area contributed by atoms with E-state index < -0.39 is 0 Å². The summed E-state index contributed by atoms with van der Waals surface area (Å²) in [7, 11) is 0. The molecule has 14 heavy (non-hydrogen) atoms. The zero-order valence-corrected chi connectivity index (χ0v) is 10.7. The van der Waals surface area contributed by atoms with Crippen molar-refractivity contribution < 1.29 is 0 Å². The van der Waals surface area contributed by atoms with Crippen molar-refractivity contribution in [3.05, 3.63) is 12.3 Å². The molecule has 0 aromatic heterocycles. The lowest BCUT2D eigenvalue weighted by molar-refractivity contribution is 0.264. The van der Waals surface area contributed by atoms with E-state index in [0.29, 0.717) is 11.1 Å². The SMILES string of the molecule is C=C(N=C(N)SC)C(C)(CC)C(C)C. The van der Waals surface area contributed by atoms with Gasteiger partial charge in [0.25, 0.3) is 0 Å². The number of nitrogens with zero attached hydrogens (tertiary/aromatic N) is 1. The van der Waals surface area contributed by atoms with Crippen LogP contribution in [0.3, 0.4) is 0 Å². The highest BCUT2D eigenvalue weighted by molar-refractivity contribution is 8.13. The molecule has 1 unspecified atom stereocenters. The van der Waals surface area contributed by atoms with Crippen LogP contribution < -0.4 is 5.73 Å². The van der Waals surface area contributed by atoms with Gasteiger partial charge in [0.1, 0.15) is 0 Å². The van der Waals surface area contributed by atoms with Crippen LogP contribution in [0, 0.1) is 11.3 Å². The van der Waals surface area contributed by atoms with Crippen molar-refractivity contribution in [3.63, 3.8) is 0 Å². The summed E-state index contributed by atoms with van der Waals surface area (Å²) in [5, 5.41) is 0.593. The van der Waals surface area contributed by atoms with Gasteiger partial charge in [-0.05, 0) is 18.6 Å². The molecule has 2 nitrogen and oxygen atoms in total. The fraction of sp³-hybridized carbons (Fsp3) is 0.727. The van der Waals surface area contributed by atoms with Crippen molar-refractivity contribution >= 4 is 16.9 Å². The summed E-state index contributed by atoms with van der Waals surface area (Å²) in [6.45, 7) is 12.8. The Morgan fingerprint density at radius 1 is 1.57 bits per heavy atom. The second-order valence-electron chi connectivity index (χ2n) is 4.03. The molecule has 0 aromatic rings. The van der Waals surface area contributed by atoms with Crippen LogP contribution in [-0.4, -0.2) is 11.4 Å². The Morgan fingerprint density at radius 2 is 2.07 bits per heavy atom. The number of hydrogen-bond acceptors (Lipinski definition) is 2. The highest BCUT2D eigenvalue weighted by atomic mass is 32.2. The molecule has 0 rings (SSSR count).